The molecule has 2 aromatic carbocycles. The Bertz CT molecular complexity index is 746. The van der Waals surface area contributed by atoms with Crippen molar-refractivity contribution in [1.82, 2.24) is 0 Å². The van der Waals surface area contributed by atoms with Crippen LogP contribution in [0.1, 0.15) is 25.3 Å². The average Bonchev–Trinajstić information content (AvgIpc) is 2.61. The first-order valence-electron chi connectivity index (χ1n) is 7.89. The fourth-order valence-corrected chi connectivity index (χ4v) is 2.86. The molecule has 2 aromatic rings. The van der Waals surface area contributed by atoms with Crippen LogP contribution in [0.25, 0.3) is 0 Å². The predicted octanol–water partition coefficient (Wildman–Crippen LogP) is 4.61. The molecule has 5 nitrogen and oxygen atoms in total. The van der Waals surface area contributed by atoms with Gasteiger partial charge in [-0.1, -0.05) is 32.0 Å². The quantitative estimate of drug-likeness (QED) is 0.727. The van der Waals surface area contributed by atoms with E-state index >= 15 is 0 Å². The van der Waals surface area contributed by atoms with Crippen LogP contribution in [0.2, 0.25) is 0 Å². The largest absolute Gasteiger partial charge is 0.495 e. The number of halogens is 1. The van der Waals surface area contributed by atoms with Crippen molar-refractivity contribution in [2.75, 3.05) is 26.1 Å². The Labute approximate surface area is 156 Å². The van der Waals surface area contributed by atoms with Gasteiger partial charge in [0.05, 0.1) is 24.4 Å². The first-order valence-corrected chi connectivity index (χ1v) is 8.68. The first-order chi connectivity index (χ1) is 12.0. The number of benzene rings is 2. The van der Waals surface area contributed by atoms with Crippen LogP contribution in [-0.2, 0) is 4.79 Å². The number of para-hydroxylation sites is 1. The molecule has 0 spiro atoms. The molecule has 0 saturated carbocycles. The summed E-state index contributed by atoms with van der Waals surface area (Å²) in [6, 6.07) is 11.2. The van der Waals surface area contributed by atoms with Gasteiger partial charge in [0.1, 0.15) is 17.2 Å². The molecule has 0 bridgehead atoms. The van der Waals surface area contributed by atoms with Gasteiger partial charge in [0, 0.05) is 12.1 Å². The maximum atomic E-state index is 12.3. The van der Waals surface area contributed by atoms with Crippen LogP contribution in [-0.4, -0.2) is 26.7 Å². The Morgan fingerprint density at radius 3 is 2.40 bits per heavy atom. The van der Waals surface area contributed by atoms with E-state index in [1.54, 1.807) is 26.4 Å². The Morgan fingerprint density at radius 2 is 1.76 bits per heavy atom. The van der Waals surface area contributed by atoms with Crippen molar-refractivity contribution in [2.24, 2.45) is 0 Å². The van der Waals surface area contributed by atoms with Gasteiger partial charge in [0.15, 0.2) is 6.61 Å². The van der Waals surface area contributed by atoms with Gasteiger partial charge in [-0.2, -0.15) is 0 Å². The third-order valence-corrected chi connectivity index (χ3v) is 4.27. The molecule has 134 valence electrons. The van der Waals surface area contributed by atoms with Gasteiger partial charge in [-0.3, -0.25) is 4.79 Å². The number of carbonyl (C=O) groups is 1. The lowest BCUT2D eigenvalue weighted by Gasteiger charge is -2.15. The zero-order valence-electron chi connectivity index (χ0n) is 14.8. The highest BCUT2D eigenvalue weighted by Crippen LogP contribution is 2.36. The summed E-state index contributed by atoms with van der Waals surface area (Å²) in [6.45, 7) is 4.08. The number of hydrogen-bond acceptors (Lipinski definition) is 4. The molecule has 0 saturated heterocycles. The zero-order valence-corrected chi connectivity index (χ0v) is 16.3. The van der Waals surface area contributed by atoms with E-state index in [1.165, 1.54) is 0 Å². The van der Waals surface area contributed by atoms with E-state index in [4.69, 9.17) is 14.2 Å². The molecule has 0 heterocycles. The van der Waals surface area contributed by atoms with Crippen molar-refractivity contribution in [3.8, 4) is 17.2 Å². The summed E-state index contributed by atoms with van der Waals surface area (Å²) in [6.07, 6.45) is 0. The minimum atomic E-state index is -0.277. The van der Waals surface area contributed by atoms with E-state index < -0.39 is 0 Å². The highest BCUT2D eigenvalue weighted by Gasteiger charge is 2.14. The van der Waals surface area contributed by atoms with Crippen LogP contribution in [0, 0.1) is 0 Å². The van der Waals surface area contributed by atoms with Gasteiger partial charge < -0.3 is 19.5 Å². The van der Waals surface area contributed by atoms with Crippen LogP contribution in [0.5, 0.6) is 17.2 Å². The molecule has 6 heteroatoms. The topological polar surface area (TPSA) is 56.8 Å². The van der Waals surface area contributed by atoms with Crippen LogP contribution < -0.4 is 19.5 Å². The van der Waals surface area contributed by atoms with Crippen molar-refractivity contribution in [3.05, 3.63) is 46.4 Å². The summed E-state index contributed by atoms with van der Waals surface area (Å²) in [5, 5.41) is 2.79. The zero-order chi connectivity index (χ0) is 18.4. The number of anilines is 1. The number of amides is 1. The molecule has 1 N–H and O–H groups in total. The van der Waals surface area contributed by atoms with Gasteiger partial charge in [0.2, 0.25) is 0 Å². The SMILES string of the molecule is COc1cc(NC(=O)COc2ccccc2C(C)C)c(OC)cc1Br. The van der Waals surface area contributed by atoms with Crippen LogP contribution in [0.4, 0.5) is 5.69 Å². The lowest BCUT2D eigenvalue weighted by molar-refractivity contribution is -0.118. The third kappa shape index (κ3) is 4.89. The fourth-order valence-electron chi connectivity index (χ4n) is 2.38. The average molecular weight is 408 g/mol. The van der Waals surface area contributed by atoms with E-state index in [9.17, 15) is 4.79 Å². The molecule has 0 atom stereocenters. The second-order valence-corrected chi connectivity index (χ2v) is 6.57. The van der Waals surface area contributed by atoms with Gasteiger partial charge >= 0.3 is 0 Å². The van der Waals surface area contributed by atoms with E-state index in [0.717, 1.165) is 10.0 Å². The lowest BCUT2D eigenvalue weighted by atomic mass is 10.0. The number of carbonyl (C=O) groups excluding carboxylic acids is 1. The predicted molar refractivity (Wildman–Crippen MR) is 102 cm³/mol. The maximum absolute atomic E-state index is 12.3. The minimum absolute atomic E-state index is 0.0920. The van der Waals surface area contributed by atoms with Gasteiger partial charge in [-0.25, -0.2) is 0 Å². The summed E-state index contributed by atoms with van der Waals surface area (Å²) in [5.74, 6) is 1.88. The Hall–Kier alpha value is -2.21. The molecule has 0 aliphatic carbocycles. The first kappa shape index (κ1) is 19.1. The van der Waals surface area contributed by atoms with Gasteiger partial charge in [-0.05, 0) is 33.5 Å². The van der Waals surface area contributed by atoms with E-state index in [1.807, 2.05) is 24.3 Å². The van der Waals surface area contributed by atoms with E-state index in [2.05, 4.69) is 35.1 Å². The van der Waals surface area contributed by atoms with Gasteiger partial charge in [-0.15, -0.1) is 0 Å². The number of nitrogens with one attached hydrogen (secondary N) is 1. The molecule has 25 heavy (non-hydrogen) atoms. The summed E-state index contributed by atoms with van der Waals surface area (Å²) in [5.41, 5.74) is 1.59. The Balaban J connectivity index is 2.08. The smallest absolute Gasteiger partial charge is 0.262 e. The maximum Gasteiger partial charge on any atom is 0.262 e. The number of hydrogen-bond donors (Lipinski definition) is 1. The van der Waals surface area contributed by atoms with Gasteiger partial charge in [0.25, 0.3) is 5.91 Å². The van der Waals surface area contributed by atoms with Crippen molar-refractivity contribution in [1.29, 1.82) is 0 Å². The lowest BCUT2D eigenvalue weighted by Crippen LogP contribution is -2.21. The summed E-state index contributed by atoms with van der Waals surface area (Å²) >= 11 is 3.39. The molecule has 0 unspecified atom stereocenters. The molecular formula is C19H22BrNO4. The molecule has 0 aliphatic rings. The molecule has 0 aromatic heterocycles. The second kappa shape index (κ2) is 8.76. The summed E-state index contributed by atoms with van der Waals surface area (Å²) < 4.78 is 17.0. The Morgan fingerprint density at radius 1 is 1.08 bits per heavy atom. The standard InChI is InChI=1S/C19H22BrNO4/c1-12(2)13-7-5-6-8-16(13)25-11-19(22)21-15-10-17(23-3)14(20)9-18(15)24-4/h5-10,12H,11H2,1-4H3,(H,21,22). The highest BCUT2D eigenvalue weighted by atomic mass is 79.9. The van der Waals surface area contributed by atoms with Crippen LogP contribution >= 0.6 is 15.9 Å². The number of ether oxygens (including phenoxy) is 3. The van der Waals surface area contributed by atoms with Crippen molar-refractivity contribution < 1.29 is 19.0 Å². The summed E-state index contributed by atoms with van der Waals surface area (Å²) in [7, 11) is 3.10. The molecule has 2 rings (SSSR count). The number of methoxy groups -OCH3 is 2. The molecule has 1 amide bonds. The number of rotatable bonds is 7. The highest BCUT2D eigenvalue weighted by molar-refractivity contribution is 9.10. The Kier molecular flexibility index (Phi) is 6.70. The monoisotopic (exact) mass is 407 g/mol. The third-order valence-electron chi connectivity index (χ3n) is 3.65. The molecule has 0 fully saturated rings. The molecule has 0 aliphatic heterocycles. The summed E-state index contributed by atoms with van der Waals surface area (Å²) in [4.78, 5) is 12.3. The van der Waals surface area contributed by atoms with Crippen molar-refractivity contribution >= 4 is 27.5 Å². The fraction of sp³-hybridized carbons (Fsp3) is 0.316. The van der Waals surface area contributed by atoms with Crippen LogP contribution in [0.15, 0.2) is 40.9 Å². The van der Waals surface area contributed by atoms with Crippen LogP contribution in [0.3, 0.4) is 0 Å². The van der Waals surface area contributed by atoms with Crippen molar-refractivity contribution in [2.45, 2.75) is 19.8 Å². The minimum Gasteiger partial charge on any atom is -0.495 e. The normalized spacial score (nSPS) is 10.5. The van der Waals surface area contributed by atoms with E-state index in [-0.39, 0.29) is 12.5 Å². The molecular weight excluding hydrogens is 386 g/mol. The van der Waals surface area contributed by atoms with Crippen molar-refractivity contribution in [3.63, 3.8) is 0 Å². The van der Waals surface area contributed by atoms with E-state index in [0.29, 0.717) is 28.9 Å². The second-order valence-electron chi connectivity index (χ2n) is 5.72. The molecule has 0 radical (unpaired) electrons.